The van der Waals surface area contributed by atoms with Gasteiger partial charge in [-0.25, -0.2) is 0 Å². The molecule has 0 atom stereocenters. The van der Waals surface area contributed by atoms with Crippen LogP contribution in [0.25, 0.3) is 0 Å². The molecule has 0 aromatic heterocycles. The summed E-state index contributed by atoms with van der Waals surface area (Å²) in [4.78, 5) is 0. The average molecular weight is 316 g/mol. The Morgan fingerprint density at radius 3 is 0.818 bits per heavy atom. The van der Waals surface area contributed by atoms with E-state index in [9.17, 15) is 0 Å². The van der Waals surface area contributed by atoms with Crippen molar-refractivity contribution in [3.63, 3.8) is 0 Å². The fourth-order valence-electron chi connectivity index (χ4n) is 0. The number of hydrogen-bond acceptors (Lipinski definition) is 6. The van der Waals surface area contributed by atoms with E-state index in [1.807, 2.05) is 0 Å². The summed E-state index contributed by atoms with van der Waals surface area (Å²) >= 11 is -9.25. The molecule has 0 aromatic carbocycles. The number of rotatable bonds is 0. The molecule has 0 aromatic rings. The van der Waals surface area contributed by atoms with E-state index < -0.39 is 28.3 Å². The van der Waals surface area contributed by atoms with E-state index in [-0.39, 0.29) is 37.7 Å². The van der Waals surface area contributed by atoms with Gasteiger partial charge in [0, 0.05) is 0 Å². The zero-order valence-electron chi connectivity index (χ0n) is 6.05. The van der Waals surface area contributed by atoms with E-state index in [4.69, 9.17) is 23.9 Å². The summed E-state index contributed by atoms with van der Waals surface area (Å²) in [5, 5.41) is 0. The summed E-state index contributed by atoms with van der Waals surface area (Å²) in [6, 6.07) is 0. The second-order valence-electron chi connectivity index (χ2n) is 1.54. The van der Waals surface area contributed by atoms with Gasteiger partial charge < -0.3 is 0 Å². The van der Waals surface area contributed by atoms with Crippen LogP contribution in [0.15, 0.2) is 0 Å². The molecule has 0 bridgehead atoms. The minimum atomic E-state index is -4.62. The molecular weight excluding hydrogens is 310 g/mol. The molecule has 6 nitrogen and oxygen atoms in total. The fourth-order valence-corrected chi connectivity index (χ4v) is 0. The monoisotopic (exact) mass is 316 g/mol. The second kappa shape index (κ2) is 7.24. The average Bonchev–Trinajstić information content (AvgIpc) is 1.12. The van der Waals surface area contributed by atoms with Crippen LogP contribution in [-0.2, 0) is 7.48 Å². The molecular formula is C2H6As2CaO6-2. The van der Waals surface area contributed by atoms with Gasteiger partial charge in [-0.2, -0.15) is 0 Å². The predicted octanol–water partition coefficient (Wildman–Crippen LogP) is -4.97. The maximum Gasteiger partial charge on any atom is 2.00 e. The summed E-state index contributed by atoms with van der Waals surface area (Å²) < 4.78 is 55.0. The van der Waals surface area contributed by atoms with E-state index in [1.54, 1.807) is 0 Å². The molecule has 0 radical (unpaired) electrons. The van der Waals surface area contributed by atoms with Gasteiger partial charge in [0.1, 0.15) is 0 Å². The molecule has 0 aliphatic carbocycles. The Balaban J connectivity index is -0.000000107. The first kappa shape index (κ1) is 18.6. The first-order valence-corrected chi connectivity index (χ1v) is 10.3. The van der Waals surface area contributed by atoms with Crippen LogP contribution in [0.3, 0.4) is 0 Å². The van der Waals surface area contributed by atoms with Crippen molar-refractivity contribution in [1.29, 1.82) is 0 Å². The van der Waals surface area contributed by atoms with Gasteiger partial charge in [-0.15, -0.1) is 0 Å². The molecule has 9 heteroatoms. The summed E-state index contributed by atoms with van der Waals surface area (Å²) in [6.07, 6.45) is 0. The molecule has 0 heterocycles. The Labute approximate surface area is 100.0 Å². The van der Waals surface area contributed by atoms with Crippen molar-refractivity contribution in [2.75, 3.05) is 0 Å². The van der Waals surface area contributed by atoms with Gasteiger partial charge in [0.15, 0.2) is 0 Å². The van der Waals surface area contributed by atoms with Crippen LogP contribution < -0.4 is 16.4 Å². The summed E-state index contributed by atoms with van der Waals surface area (Å²) in [5.41, 5.74) is 1.39. The molecule has 0 rings (SSSR count). The smallest absolute Gasteiger partial charge is 2.00 e. The molecule has 0 spiro atoms. The zero-order chi connectivity index (χ0) is 9.00. The predicted molar refractivity (Wildman–Crippen MR) is 30.4 cm³/mol. The molecule has 0 N–H and O–H groups in total. The molecule has 11 heavy (non-hydrogen) atoms. The van der Waals surface area contributed by atoms with Gasteiger partial charge >= 0.3 is 101 Å². The van der Waals surface area contributed by atoms with E-state index in [0.29, 0.717) is 11.4 Å². The third-order valence-electron chi connectivity index (χ3n) is 0. The van der Waals surface area contributed by atoms with Gasteiger partial charge in [-0.1, -0.05) is 0 Å². The summed E-state index contributed by atoms with van der Waals surface area (Å²) in [6.45, 7) is 0. The largest absolute Gasteiger partial charge is 2.00 e. The Bertz CT molecular complexity index is 131. The Hall–Kier alpha value is 1.82. The minimum Gasteiger partial charge on any atom is 2.00 e. The molecule has 0 aliphatic rings. The summed E-state index contributed by atoms with van der Waals surface area (Å²) in [5.74, 6) is 0. The Kier molecular flexibility index (Phi) is 12.2. The van der Waals surface area contributed by atoms with Crippen molar-refractivity contribution in [3.8, 4) is 0 Å². The second-order valence-corrected chi connectivity index (χ2v) is 8.02. The molecule has 0 saturated heterocycles. The molecule has 0 aliphatic heterocycles. The molecule has 0 amide bonds. The van der Waals surface area contributed by atoms with E-state index >= 15 is 0 Å². The zero-order valence-corrected chi connectivity index (χ0v) is 12.0. The van der Waals surface area contributed by atoms with Gasteiger partial charge in [0.2, 0.25) is 0 Å². The van der Waals surface area contributed by atoms with Crippen LogP contribution in [0.5, 0.6) is 0 Å². The normalized spacial score (nSPS) is 10.7. The van der Waals surface area contributed by atoms with Gasteiger partial charge in [0.25, 0.3) is 0 Å². The van der Waals surface area contributed by atoms with E-state index in [2.05, 4.69) is 0 Å². The minimum absolute atomic E-state index is 0. The quantitative estimate of drug-likeness (QED) is 0.412. The standard InChI is InChI=1S/2CH5AsO3.Ca/c2*1-2(3,4)5;/h2*1H3,(H2,3,4,5);/q;;+2/p-4. The molecule has 64 valence electrons. The molecule has 0 unspecified atom stereocenters. The van der Waals surface area contributed by atoms with Crippen LogP contribution in [-0.4, -0.2) is 66.1 Å². The third kappa shape index (κ3) is 345. The molecule has 0 fully saturated rings. The first-order valence-electron chi connectivity index (χ1n) is 1.99. The Morgan fingerprint density at radius 1 is 0.818 bits per heavy atom. The van der Waals surface area contributed by atoms with Crippen molar-refractivity contribution in [3.05, 3.63) is 0 Å². The molecule has 0 saturated carbocycles. The summed E-state index contributed by atoms with van der Waals surface area (Å²) in [7, 11) is 0. The number of hydrogen-bond donors (Lipinski definition) is 0. The van der Waals surface area contributed by atoms with Crippen LogP contribution in [0.4, 0.5) is 0 Å². The van der Waals surface area contributed by atoms with Crippen molar-refractivity contribution in [2.45, 2.75) is 11.4 Å². The van der Waals surface area contributed by atoms with Crippen LogP contribution >= 0.6 is 0 Å². The van der Waals surface area contributed by atoms with Crippen LogP contribution in [0.2, 0.25) is 11.4 Å². The van der Waals surface area contributed by atoms with Crippen molar-refractivity contribution >= 4 is 66.1 Å². The van der Waals surface area contributed by atoms with Crippen molar-refractivity contribution in [2.24, 2.45) is 0 Å². The fraction of sp³-hybridized carbons (Fsp3) is 1.00. The van der Waals surface area contributed by atoms with Crippen LogP contribution in [0.1, 0.15) is 0 Å². The Morgan fingerprint density at radius 2 is 0.818 bits per heavy atom. The topological polar surface area (TPSA) is 126 Å². The maximum absolute atomic E-state index is 9.16. The SMILES string of the molecule is C[As](=O)([O-])[O-].C[As](=O)([O-])[O-].[Ca+2]. The third-order valence-corrected chi connectivity index (χ3v) is 0. The maximum atomic E-state index is 9.16. The van der Waals surface area contributed by atoms with E-state index in [1.165, 1.54) is 0 Å². The van der Waals surface area contributed by atoms with Gasteiger partial charge in [-0.3, -0.25) is 0 Å². The van der Waals surface area contributed by atoms with Crippen molar-refractivity contribution < 1.29 is 23.9 Å². The van der Waals surface area contributed by atoms with Crippen LogP contribution in [0, 0.1) is 0 Å². The van der Waals surface area contributed by atoms with E-state index in [0.717, 1.165) is 0 Å². The van der Waals surface area contributed by atoms with Gasteiger partial charge in [0.05, 0.1) is 0 Å². The van der Waals surface area contributed by atoms with Gasteiger partial charge in [-0.05, 0) is 0 Å². The van der Waals surface area contributed by atoms with Crippen molar-refractivity contribution in [1.82, 2.24) is 0 Å². The first-order chi connectivity index (χ1) is 4.00.